The fourth-order valence-corrected chi connectivity index (χ4v) is 2.57. The standard InChI is InChI=1S/C15H21N5O/c1-10-6-7-20(9-13(10)16)15-17-14(18-19-15)11-4-3-5-12(8-11)21-2/h3-5,8,10,13H,6-7,9,16H2,1-2H3,(H,17,18,19). The summed E-state index contributed by atoms with van der Waals surface area (Å²) in [5.74, 6) is 2.82. The molecule has 2 atom stereocenters. The average Bonchev–Trinajstić information content (AvgIpc) is 3.00. The number of nitrogens with one attached hydrogen (secondary N) is 1. The number of aromatic nitrogens is 3. The van der Waals surface area contributed by atoms with Crippen molar-refractivity contribution in [2.45, 2.75) is 19.4 Å². The molecule has 3 rings (SSSR count). The average molecular weight is 287 g/mol. The number of anilines is 1. The molecule has 2 heterocycles. The maximum absolute atomic E-state index is 6.14. The van der Waals surface area contributed by atoms with Gasteiger partial charge in [-0.1, -0.05) is 19.1 Å². The van der Waals surface area contributed by atoms with Gasteiger partial charge in [0.25, 0.3) is 0 Å². The van der Waals surface area contributed by atoms with E-state index in [2.05, 4.69) is 27.0 Å². The minimum absolute atomic E-state index is 0.178. The van der Waals surface area contributed by atoms with E-state index in [0.717, 1.165) is 42.6 Å². The first-order valence-electron chi connectivity index (χ1n) is 7.24. The molecule has 0 radical (unpaired) electrons. The van der Waals surface area contributed by atoms with Gasteiger partial charge in [0.2, 0.25) is 5.95 Å². The Bertz CT molecular complexity index is 612. The predicted molar refractivity (Wildman–Crippen MR) is 82.3 cm³/mol. The van der Waals surface area contributed by atoms with Crippen LogP contribution < -0.4 is 15.4 Å². The molecule has 1 aromatic heterocycles. The summed E-state index contributed by atoms with van der Waals surface area (Å²) in [7, 11) is 1.65. The SMILES string of the molecule is COc1cccc(-c2nc(N3CCC(C)C(N)C3)n[nH]2)c1. The Balaban J connectivity index is 1.80. The van der Waals surface area contributed by atoms with Gasteiger partial charge in [-0.3, -0.25) is 5.10 Å². The van der Waals surface area contributed by atoms with E-state index in [1.165, 1.54) is 0 Å². The monoisotopic (exact) mass is 287 g/mol. The van der Waals surface area contributed by atoms with Crippen molar-refractivity contribution >= 4 is 5.95 Å². The van der Waals surface area contributed by atoms with Gasteiger partial charge in [-0.2, -0.15) is 4.98 Å². The number of hydrogen-bond donors (Lipinski definition) is 2. The van der Waals surface area contributed by atoms with E-state index >= 15 is 0 Å². The predicted octanol–water partition coefficient (Wildman–Crippen LogP) is 1.65. The first-order valence-corrected chi connectivity index (χ1v) is 7.24. The Labute approximate surface area is 124 Å². The smallest absolute Gasteiger partial charge is 0.245 e. The van der Waals surface area contributed by atoms with Crippen LogP contribution in [0.2, 0.25) is 0 Å². The molecule has 1 aliphatic rings. The summed E-state index contributed by atoms with van der Waals surface area (Å²) in [5, 5.41) is 7.32. The van der Waals surface area contributed by atoms with Gasteiger partial charge in [0.05, 0.1) is 7.11 Å². The molecule has 1 fully saturated rings. The highest BCUT2D eigenvalue weighted by atomic mass is 16.5. The number of piperidine rings is 1. The van der Waals surface area contributed by atoms with Crippen LogP contribution in [0.4, 0.5) is 5.95 Å². The van der Waals surface area contributed by atoms with Crippen LogP contribution in [0.1, 0.15) is 13.3 Å². The zero-order valence-corrected chi connectivity index (χ0v) is 12.4. The van der Waals surface area contributed by atoms with Gasteiger partial charge < -0.3 is 15.4 Å². The van der Waals surface area contributed by atoms with Gasteiger partial charge in [0, 0.05) is 24.7 Å². The van der Waals surface area contributed by atoms with E-state index in [1.807, 2.05) is 24.3 Å². The number of nitrogens with zero attached hydrogens (tertiary/aromatic N) is 3. The lowest BCUT2D eigenvalue weighted by atomic mass is 9.95. The van der Waals surface area contributed by atoms with Crippen molar-refractivity contribution < 1.29 is 4.74 Å². The van der Waals surface area contributed by atoms with E-state index < -0.39 is 0 Å². The highest BCUT2D eigenvalue weighted by Gasteiger charge is 2.25. The quantitative estimate of drug-likeness (QED) is 0.897. The Kier molecular flexibility index (Phi) is 3.79. The molecule has 0 aliphatic carbocycles. The number of methoxy groups -OCH3 is 1. The molecule has 21 heavy (non-hydrogen) atoms. The van der Waals surface area contributed by atoms with Crippen molar-refractivity contribution in [3.63, 3.8) is 0 Å². The maximum atomic E-state index is 6.14. The van der Waals surface area contributed by atoms with Gasteiger partial charge in [-0.15, -0.1) is 5.10 Å². The number of ether oxygens (including phenoxy) is 1. The molecule has 0 bridgehead atoms. The molecule has 2 aromatic rings. The normalized spacial score (nSPS) is 22.3. The number of benzene rings is 1. The molecular weight excluding hydrogens is 266 g/mol. The fraction of sp³-hybridized carbons (Fsp3) is 0.467. The van der Waals surface area contributed by atoms with Crippen LogP contribution in [0.25, 0.3) is 11.4 Å². The summed E-state index contributed by atoms with van der Waals surface area (Å²) in [6, 6.07) is 7.95. The van der Waals surface area contributed by atoms with Gasteiger partial charge in [0.15, 0.2) is 5.82 Å². The Hall–Kier alpha value is -2.08. The summed E-state index contributed by atoms with van der Waals surface area (Å²) in [6.45, 7) is 3.95. The van der Waals surface area contributed by atoms with Crippen LogP contribution in [-0.2, 0) is 0 Å². The molecule has 6 heteroatoms. The minimum atomic E-state index is 0.178. The second kappa shape index (κ2) is 5.73. The Morgan fingerprint density at radius 3 is 3.05 bits per heavy atom. The molecule has 112 valence electrons. The molecule has 0 amide bonds. The molecule has 2 unspecified atom stereocenters. The molecule has 6 nitrogen and oxygen atoms in total. The van der Waals surface area contributed by atoms with Crippen LogP contribution >= 0.6 is 0 Å². The highest BCUT2D eigenvalue weighted by molar-refractivity contribution is 5.58. The molecule has 0 spiro atoms. The number of aromatic amines is 1. The number of rotatable bonds is 3. The summed E-state index contributed by atoms with van der Waals surface area (Å²) < 4.78 is 5.24. The second-order valence-corrected chi connectivity index (χ2v) is 5.59. The first kappa shape index (κ1) is 13.9. The minimum Gasteiger partial charge on any atom is -0.497 e. The van der Waals surface area contributed by atoms with E-state index in [0.29, 0.717) is 5.92 Å². The van der Waals surface area contributed by atoms with Crippen molar-refractivity contribution in [2.24, 2.45) is 11.7 Å². The van der Waals surface area contributed by atoms with Crippen LogP contribution in [0, 0.1) is 5.92 Å². The maximum Gasteiger partial charge on any atom is 0.245 e. The molecular formula is C15H21N5O. The highest BCUT2D eigenvalue weighted by Crippen LogP contribution is 2.24. The van der Waals surface area contributed by atoms with E-state index in [1.54, 1.807) is 7.11 Å². The van der Waals surface area contributed by atoms with Crippen LogP contribution in [0.3, 0.4) is 0 Å². The van der Waals surface area contributed by atoms with Gasteiger partial charge in [-0.05, 0) is 24.5 Å². The lowest BCUT2D eigenvalue weighted by Crippen LogP contribution is -2.48. The van der Waals surface area contributed by atoms with Crippen molar-refractivity contribution in [1.29, 1.82) is 0 Å². The third-order valence-electron chi connectivity index (χ3n) is 4.12. The van der Waals surface area contributed by atoms with E-state index in [-0.39, 0.29) is 6.04 Å². The summed E-state index contributed by atoms with van der Waals surface area (Å²) in [6.07, 6.45) is 1.07. The fourth-order valence-electron chi connectivity index (χ4n) is 2.57. The lowest BCUT2D eigenvalue weighted by molar-refractivity contribution is 0.376. The second-order valence-electron chi connectivity index (χ2n) is 5.59. The summed E-state index contributed by atoms with van der Waals surface area (Å²) in [4.78, 5) is 6.73. The van der Waals surface area contributed by atoms with Crippen LogP contribution in [0.15, 0.2) is 24.3 Å². The number of nitrogens with two attached hydrogens (primary N) is 1. The summed E-state index contributed by atoms with van der Waals surface area (Å²) in [5.41, 5.74) is 7.10. The number of H-pyrrole nitrogens is 1. The molecule has 1 aromatic carbocycles. The number of hydrogen-bond acceptors (Lipinski definition) is 5. The van der Waals surface area contributed by atoms with Crippen molar-refractivity contribution in [1.82, 2.24) is 15.2 Å². The molecule has 1 saturated heterocycles. The van der Waals surface area contributed by atoms with Gasteiger partial charge >= 0.3 is 0 Å². The van der Waals surface area contributed by atoms with E-state index in [9.17, 15) is 0 Å². The molecule has 3 N–H and O–H groups in total. The van der Waals surface area contributed by atoms with Gasteiger partial charge in [-0.25, -0.2) is 0 Å². The van der Waals surface area contributed by atoms with Crippen LogP contribution in [0.5, 0.6) is 5.75 Å². The third-order valence-corrected chi connectivity index (χ3v) is 4.12. The molecule has 1 aliphatic heterocycles. The lowest BCUT2D eigenvalue weighted by Gasteiger charge is -2.34. The topological polar surface area (TPSA) is 80.1 Å². The van der Waals surface area contributed by atoms with E-state index in [4.69, 9.17) is 10.5 Å². The largest absolute Gasteiger partial charge is 0.497 e. The zero-order valence-electron chi connectivity index (χ0n) is 12.4. The first-order chi connectivity index (χ1) is 10.2. The molecule has 0 saturated carbocycles. The van der Waals surface area contributed by atoms with Crippen molar-refractivity contribution in [3.05, 3.63) is 24.3 Å². The Morgan fingerprint density at radius 2 is 2.29 bits per heavy atom. The van der Waals surface area contributed by atoms with Crippen LogP contribution in [-0.4, -0.2) is 41.4 Å². The van der Waals surface area contributed by atoms with Crippen molar-refractivity contribution in [2.75, 3.05) is 25.1 Å². The van der Waals surface area contributed by atoms with Crippen molar-refractivity contribution in [3.8, 4) is 17.1 Å². The summed E-state index contributed by atoms with van der Waals surface area (Å²) >= 11 is 0. The Morgan fingerprint density at radius 1 is 1.43 bits per heavy atom. The zero-order chi connectivity index (χ0) is 14.8. The van der Waals surface area contributed by atoms with Gasteiger partial charge in [0.1, 0.15) is 5.75 Å². The third kappa shape index (κ3) is 2.85.